The van der Waals surface area contributed by atoms with Crippen LogP contribution in [-0.4, -0.2) is 11.1 Å². The first kappa shape index (κ1) is 12.7. The van der Waals surface area contributed by atoms with Gasteiger partial charge in [-0.1, -0.05) is 38.1 Å². The Morgan fingerprint density at radius 1 is 1.26 bits per heavy atom. The minimum Gasteiger partial charge on any atom is -0.481 e. The highest BCUT2D eigenvalue weighted by Crippen LogP contribution is 2.60. The highest BCUT2D eigenvalue weighted by atomic mass is 16.4. The topological polar surface area (TPSA) is 37.3 Å². The molecule has 2 aliphatic carbocycles. The third-order valence-corrected chi connectivity index (χ3v) is 5.02. The molecule has 2 heteroatoms. The molecule has 2 fully saturated rings. The van der Waals surface area contributed by atoms with E-state index in [0.717, 1.165) is 12.8 Å². The zero-order chi connectivity index (χ0) is 13.6. The summed E-state index contributed by atoms with van der Waals surface area (Å²) in [5, 5.41) is 9.61. The van der Waals surface area contributed by atoms with Crippen LogP contribution in [-0.2, 0) is 11.2 Å². The van der Waals surface area contributed by atoms with Crippen molar-refractivity contribution in [1.29, 1.82) is 0 Å². The van der Waals surface area contributed by atoms with Crippen molar-refractivity contribution in [2.75, 3.05) is 0 Å². The Bertz CT molecular complexity index is 476. The van der Waals surface area contributed by atoms with Gasteiger partial charge in [-0.25, -0.2) is 0 Å². The standard InChI is InChI=1S/C17H22O2/c1-11(2)13-5-3-12(4-6-13)8-17(16(18)19)9-14-7-15(14)10-17/h3-6,11,14-15H,7-10H2,1-2H3,(H,18,19). The minimum absolute atomic E-state index is 0.479. The van der Waals surface area contributed by atoms with Crippen molar-refractivity contribution in [1.82, 2.24) is 0 Å². The van der Waals surface area contributed by atoms with Gasteiger partial charge in [0.05, 0.1) is 5.41 Å². The summed E-state index contributed by atoms with van der Waals surface area (Å²) < 4.78 is 0. The zero-order valence-electron chi connectivity index (χ0n) is 11.7. The van der Waals surface area contributed by atoms with Crippen LogP contribution >= 0.6 is 0 Å². The average Bonchev–Trinajstić information content (AvgIpc) is 2.98. The number of fused-ring (bicyclic) bond motifs is 1. The molecule has 2 saturated carbocycles. The van der Waals surface area contributed by atoms with Crippen LogP contribution in [0.4, 0.5) is 0 Å². The Morgan fingerprint density at radius 3 is 2.32 bits per heavy atom. The molecule has 0 heterocycles. The Labute approximate surface area is 114 Å². The summed E-state index contributed by atoms with van der Waals surface area (Å²) in [6, 6.07) is 8.52. The number of carbonyl (C=O) groups is 1. The summed E-state index contributed by atoms with van der Waals surface area (Å²) in [5.41, 5.74) is 2.02. The van der Waals surface area contributed by atoms with E-state index in [1.165, 1.54) is 17.5 Å². The highest BCUT2D eigenvalue weighted by Gasteiger charge is 2.57. The number of carboxylic acid groups (broad SMARTS) is 1. The van der Waals surface area contributed by atoms with Crippen LogP contribution in [0.3, 0.4) is 0 Å². The zero-order valence-corrected chi connectivity index (χ0v) is 11.7. The lowest BCUT2D eigenvalue weighted by Gasteiger charge is -2.26. The molecular formula is C17H22O2. The summed E-state index contributed by atoms with van der Waals surface area (Å²) in [5.74, 6) is 1.34. The van der Waals surface area contributed by atoms with Gasteiger partial charge in [0.25, 0.3) is 0 Å². The summed E-state index contributed by atoms with van der Waals surface area (Å²) in [6.45, 7) is 4.36. The predicted molar refractivity (Wildman–Crippen MR) is 75.1 cm³/mol. The van der Waals surface area contributed by atoms with E-state index in [4.69, 9.17) is 0 Å². The molecule has 2 aliphatic rings. The monoisotopic (exact) mass is 258 g/mol. The SMILES string of the molecule is CC(C)c1ccc(CC2(C(=O)O)CC3CC3C2)cc1. The van der Waals surface area contributed by atoms with Crippen molar-refractivity contribution in [2.45, 2.75) is 45.4 Å². The van der Waals surface area contributed by atoms with Crippen LogP contribution in [0.15, 0.2) is 24.3 Å². The second kappa shape index (κ2) is 4.36. The first-order valence-corrected chi connectivity index (χ1v) is 7.32. The van der Waals surface area contributed by atoms with Gasteiger partial charge in [0.15, 0.2) is 0 Å². The van der Waals surface area contributed by atoms with Crippen molar-refractivity contribution < 1.29 is 9.90 Å². The van der Waals surface area contributed by atoms with Crippen molar-refractivity contribution >= 4 is 5.97 Å². The normalized spacial score (nSPS) is 32.4. The van der Waals surface area contributed by atoms with Gasteiger partial charge in [-0.05, 0) is 54.6 Å². The van der Waals surface area contributed by atoms with Gasteiger partial charge in [0, 0.05) is 0 Å². The Hall–Kier alpha value is -1.31. The number of aliphatic carboxylic acids is 1. The summed E-state index contributed by atoms with van der Waals surface area (Å²) in [6.07, 6.45) is 3.74. The molecular weight excluding hydrogens is 236 g/mol. The molecule has 1 N–H and O–H groups in total. The molecule has 102 valence electrons. The van der Waals surface area contributed by atoms with E-state index in [1.54, 1.807) is 0 Å². The van der Waals surface area contributed by atoms with Crippen LogP contribution in [0.2, 0.25) is 0 Å². The second-order valence-corrected chi connectivity index (χ2v) is 6.82. The lowest BCUT2D eigenvalue weighted by molar-refractivity contribution is -0.149. The number of hydrogen-bond donors (Lipinski definition) is 1. The lowest BCUT2D eigenvalue weighted by atomic mass is 9.77. The fraction of sp³-hybridized carbons (Fsp3) is 0.588. The third-order valence-electron chi connectivity index (χ3n) is 5.02. The maximum atomic E-state index is 11.7. The molecule has 0 bridgehead atoms. The summed E-state index contributed by atoms with van der Waals surface area (Å²) in [7, 11) is 0. The quantitative estimate of drug-likeness (QED) is 0.890. The van der Waals surface area contributed by atoms with Gasteiger partial charge in [0.1, 0.15) is 0 Å². The van der Waals surface area contributed by atoms with E-state index in [9.17, 15) is 9.90 Å². The molecule has 2 unspecified atom stereocenters. The highest BCUT2D eigenvalue weighted by molar-refractivity contribution is 5.76. The number of benzene rings is 1. The Kier molecular flexibility index (Phi) is 2.92. The van der Waals surface area contributed by atoms with Crippen LogP contribution in [0.1, 0.15) is 50.2 Å². The molecule has 2 atom stereocenters. The number of hydrogen-bond acceptors (Lipinski definition) is 1. The van der Waals surface area contributed by atoms with E-state index in [1.807, 2.05) is 0 Å². The van der Waals surface area contributed by atoms with E-state index >= 15 is 0 Å². The molecule has 0 aliphatic heterocycles. The van der Waals surface area contributed by atoms with E-state index in [-0.39, 0.29) is 0 Å². The number of rotatable bonds is 4. The third kappa shape index (κ3) is 2.29. The fourth-order valence-corrected chi connectivity index (χ4v) is 3.70. The van der Waals surface area contributed by atoms with Crippen molar-refractivity contribution in [3.8, 4) is 0 Å². The predicted octanol–water partition coefficient (Wildman–Crippen LogP) is 3.85. The summed E-state index contributed by atoms with van der Waals surface area (Å²) >= 11 is 0. The Balaban J connectivity index is 1.77. The molecule has 19 heavy (non-hydrogen) atoms. The van der Waals surface area contributed by atoms with Crippen LogP contribution in [0, 0.1) is 17.3 Å². The fourth-order valence-electron chi connectivity index (χ4n) is 3.70. The molecule has 0 amide bonds. The van der Waals surface area contributed by atoms with Crippen molar-refractivity contribution in [3.63, 3.8) is 0 Å². The van der Waals surface area contributed by atoms with Gasteiger partial charge in [-0.2, -0.15) is 0 Å². The van der Waals surface area contributed by atoms with Crippen molar-refractivity contribution in [3.05, 3.63) is 35.4 Å². The maximum Gasteiger partial charge on any atom is 0.309 e. The molecule has 1 aromatic rings. The lowest BCUT2D eigenvalue weighted by Crippen LogP contribution is -2.31. The average molecular weight is 258 g/mol. The van der Waals surface area contributed by atoms with Gasteiger partial charge >= 0.3 is 5.97 Å². The van der Waals surface area contributed by atoms with E-state index < -0.39 is 11.4 Å². The second-order valence-electron chi connectivity index (χ2n) is 6.82. The molecule has 0 saturated heterocycles. The largest absolute Gasteiger partial charge is 0.481 e. The minimum atomic E-state index is -0.590. The van der Waals surface area contributed by atoms with Gasteiger partial charge < -0.3 is 5.11 Å². The first-order valence-electron chi connectivity index (χ1n) is 7.32. The van der Waals surface area contributed by atoms with E-state index in [2.05, 4.69) is 38.1 Å². The van der Waals surface area contributed by atoms with Gasteiger partial charge in [-0.15, -0.1) is 0 Å². The Morgan fingerprint density at radius 2 is 1.84 bits per heavy atom. The van der Waals surface area contributed by atoms with Gasteiger partial charge in [-0.3, -0.25) is 4.79 Å². The van der Waals surface area contributed by atoms with Gasteiger partial charge in [0.2, 0.25) is 0 Å². The molecule has 2 nitrogen and oxygen atoms in total. The maximum absolute atomic E-state index is 11.7. The molecule has 0 radical (unpaired) electrons. The molecule has 1 aromatic carbocycles. The molecule has 0 aromatic heterocycles. The first-order chi connectivity index (χ1) is 9.00. The van der Waals surface area contributed by atoms with Crippen LogP contribution in [0.25, 0.3) is 0 Å². The van der Waals surface area contributed by atoms with Crippen molar-refractivity contribution in [2.24, 2.45) is 17.3 Å². The van der Waals surface area contributed by atoms with E-state index in [0.29, 0.717) is 24.2 Å². The van der Waals surface area contributed by atoms with Crippen LogP contribution in [0.5, 0.6) is 0 Å². The summed E-state index contributed by atoms with van der Waals surface area (Å²) in [4.78, 5) is 11.7. The number of carboxylic acids is 1. The molecule has 0 spiro atoms. The van der Waals surface area contributed by atoms with Crippen LogP contribution < -0.4 is 0 Å². The smallest absolute Gasteiger partial charge is 0.309 e. The molecule has 3 rings (SSSR count).